The summed E-state index contributed by atoms with van der Waals surface area (Å²) in [7, 11) is 0. The minimum atomic E-state index is -0.529. The molecule has 1 heterocycles. The van der Waals surface area contributed by atoms with E-state index in [-0.39, 0.29) is 17.3 Å². The molecule has 0 aromatic carbocycles. The van der Waals surface area contributed by atoms with Gasteiger partial charge in [-0.3, -0.25) is 4.79 Å². The van der Waals surface area contributed by atoms with E-state index in [1.165, 1.54) is 0 Å². The van der Waals surface area contributed by atoms with Gasteiger partial charge in [0.2, 0.25) is 0 Å². The van der Waals surface area contributed by atoms with Gasteiger partial charge >= 0.3 is 0 Å². The van der Waals surface area contributed by atoms with Gasteiger partial charge in [0.15, 0.2) is 11.6 Å². The van der Waals surface area contributed by atoms with Gasteiger partial charge in [0.05, 0.1) is 6.61 Å². The van der Waals surface area contributed by atoms with Crippen molar-refractivity contribution in [3.63, 3.8) is 0 Å². The van der Waals surface area contributed by atoms with E-state index < -0.39 is 5.79 Å². The Morgan fingerprint density at radius 2 is 2.06 bits per heavy atom. The van der Waals surface area contributed by atoms with E-state index >= 15 is 0 Å². The molecule has 0 bridgehead atoms. The Morgan fingerprint density at radius 3 is 2.56 bits per heavy atom. The van der Waals surface area contributed by atoms with Crippen molar-refractivity contribution in [2.75, 3.05) is 6.61 Å². The molecule has 1 aliphatic heterocycles. The van der Waals surface area contributed by atoms with Gasteiger partial charge in [0.25, 0.3) is 0 Å². The zero-order chi connectivity index (χ0) is 12.0. The fourth-order valence-corrected chi connectivity index (χ4v) is 2.43. The molecular weight excluding hydrogens is 204 g/mol. The normalized spacial score (nSPS) is 33.6. The van der Waals surface area contributed by atoms with Crippen LogP contribution in [0, 0.1) is 5.92 Å². The van der Waals surface area contributed by atoms with Gasteiger partial charge in [0.1, 0.15) is 5.60 Å². The molecule has 1 spiro atoms. The minimum Gasteiger partial charge on any atom is -0.347 e. The van der Waals surface area contributed by atoms with E-state index in [0.717, 1.165) is 12.0 Å². The van der Waals surface area contributed by atoms with Crippen LogP contribution in [-0.4, -0.2) is 23.8 Å². The molecule has 0 radical (unpaired) electrons. The minimum absolute atomic E-state index is 0.258. The van der Waals surface area contributed by atoms with Crippen LogP contribution in [0.2, 0.25) is 0 Å². The third-order valence-electron chi connectivity index (χ3n) is 3.25. The van der Waals surface area contributed by atoms with E-state index in [0.29, 0.717) is 13.0 Å². The van der Waals surface area contributed by atoms with Gasteiger partial charge in [0, 0.05) is 6.42 Å². The van der Waals surface area contributed by atoms with Crippen molar-refractivity contribution in [3.8, 4) is 0 Å². The molecule has 0 aromatic heterocycles. The Morgan fingerprint density at radius 1 is 1.38 bits per heavy atom. The van der Waals surface area contributed by atoms with E-state index in [9.17, 15) is 4.79 Å². The largest absolute Gasteiger partial charge is 0.347 e. The maximum atomic E-state index is 11.8. The van der Waals surface area contributed by atoms with Crippen LogP contribution >= 0.6 is 0 Å². The van der Waals surface area contributed by atoms with Crippen LogP contribution in [0.4, 0.5) is 0 Å². The molecule has 0 saturated carbocycles. The van der Waals surface area contributed by atoms with Crippen LogP contribution in [0.1, 0.15) is 40.5 Å². The van der Waals surface area contributed by atoms with E-state index in [1.54, 1.807) is 0 Å². The highest BCUT2D eigenvalue weighted by Crippen LogP contribution is 2.39. The SMILES string of the molecule is CC(C)C1=C[C@@]2(CCC1=O)COC(C)(C)O2. The van der Waals surface area contributed by atoms with Crippen molar-refractivity contribution in [1.82, 2.24) is 0 Å². The Bertz CT molecular complexity index is 341. The number of Topliss-reactive ketones (excluding diaryl/α,β-unsaturated/α-hetero) is 1. The maximum Gasteiger partial charge on any atom is 0.164 e. The van der Waals surface area contributed by atoms with Crippen molar-refractivity contribution in [3.05, 3.63) is 11.6 Å². The number of carbonyl (C=O) groups excluding carboxylic acids is 1. The summed E-state index contributed by atoms with van der Waals surface area (Å²) < 4.78 is 11.6. The molecule has 16 heavy (non-hydrogen) atoms. The molecule has 0 amide bonds. The predicted molar refractivity (Wildman–Crippen MR) is 61.0 cm³/mol. The van der Waals surface area contributed by atoms with Crippen LogP contribution in [0.3, 0.4) is 0 Å². The zero-order valence-electron chi connectivity index (χ0n) is 10.5. The molecule has 2 aliphatic rings. The van der Waals surface area contributed by atoms with Crippen LogP contribution in [0.15, 0.2) is 11.6 Å². The van der Waals surface area contributed by atoms with Crippen molar-refractivity contribution < 1.29 is 14.3 Å². The smallest absolute Gasteiger partial charge is 0.164 e. The molecule has 3 nitrogen and oxygen atoms in total. The summed E-state index contributed by atoms with van der Waals surface area (Å²) >= 11 is 0. The van der Waals surface area contributed by atoms with E-state index in [4.69, 9.17) is 9.47 Å². The van der Waals surface area contributed by atoms with Crippen molar-refractivity contribution in [2.24, 2.45) is 5.92 Å². The summed E-state index contributed by atoms with van der Waals surface area (Å²) in [6.45, 7) is 8.49. The topological polar surface area (TPSA) is 35.5 Å². The zero-order valence-corrected chi connectivity index (χ0v) is 10.5. The van der Waals surface area contributed by atoms with Gasteiger partial charge in [-0.15, -0.1) is 0 Å². The standard InChI is InChI=1S/C13H20O3/c1-9(2)10-7-13(6-5-11(10)14)8-15-12(3,4)16-13/h7,9H,5-6,8H2,1-4H3/t13-/m0/s1. The van der Waals surface area contributed by atoms with Crippen LogP contribution in [0.25, 0.3) is 0 Å². The van der Waals surface area contributed by atoms with Gasteiger partial charge in [-0.1, -0.05) is 13.8 Å². The van der Waals surface area contributed by atoms with E-state index in [1.807, 2.05) is 33.8 Å². The highest BCUT2D eigenvalue weighted by molar-refractivity contribution is 5.96. The molecule has 2 rings (SSSR count). The molecule has 0 N–H and O–H groups in total. The predicted octanol–water partition coefficient (Wildman–Crippen LogP) is 2.45. The molecule has 90 valence electrons. The number of hydrogen-bond donors (Lipinski definition) is 0. The summed E-state index contributed by atoms with van der Waals surface area (Å²) in [4.78, 5) is 11.8. The summed E-state index contributed by atoms with van der Waals surface area (Å²) in [5.41, 5.74) is 0.532. The van der Waals surface area contributed by atoms with Gasteiger partial charge in [-0.25, -0.2) is 0 Å². The summed E-state index contributed by atoms with van der Waals surface area (Å²) in [5.74, 6) is -0.00942. The Kier molecular flexibility index (Phi) is 2.71. The maximum absolute atomic E-state index is 11.8. The number of allylic oxidation sites excluding steroid dienone is 1. The first-order chi connectivity index (χ1) is 7.34. The summed E-state index contributed by atoms with van der Waals surface area (Å²) in [6, 6.07) is 0. The second-order valence-electron chi connectivity index (χ2n) is 5.53. The lowest BCUT2D eigenvalue weighted by atomic mass is 9.82. The van der Waals surface area contributed by atoms with Crippen LogP contribution in [-0.2, 0) is 14.3 Å². The fraction of sp³-hybridized carbons (Fsp3) is 0.769. The monoisotopic (exact) mass is 224 g/mol. The second kappa shape index (κ2) is 3.67. The first-order valence-corrected chi connectivity index (χ1v) is 5.94. The third kappa shape index (κ3) is 2.06. The van der Waals surface area contributed by atoms with Crippen molar-refractivity contribution in [2.45, 2.75) is 51.9 Å². The number of rotatable bonds is 1. The molecule has 1 saturated heterocycles. The molecule has 0 aromatic rings. The number of ketones is 1. The lowest BCUT2D eigenvalue weighted by Gasteiger charge is -2.31. The van der Waals surface area contributed by atoms with Crippen LogP contribution < -0.4 is 0 Å². The van der Waals surface area contributed by atoms with Gasteiger partial charge < -0.3 is 9.47 Å². The molecule has 1 atom stereocenters. The van der Waals surface area contributed by atoms with Crippen molar-refractivity contribution in [1.29, 1.82) is 0 Å². The Labute approximate surface area is 96.8 Å². The second-order valence-corrected chi connectivity index (χ2v) is 5.53. The van der Waals surface area contributed by atoms with Gasteiger partial charge in [-0.2, -0.15) is 0 Å². The van der Waals surface area contributed by atoms with Gasteiger partial charge in [-0.05, 0) is 37.8 Å². The third-order valence-corrected chi connectivity index (χ3v) is 3.25. The number of ether oxygens (including phenoxy) is 2. The lowest BCUT2D eigenvalue weighted by molar-refractivity contribution is -0.155. The summed E-state index contributed by atoms with van der Waals surface area (Å²) in [6.07, 6.45) is 3.31. The average Bonchev–Trinajstić information content (AvgIpc) is 2.47. The Balaban J connectivity index is 2.28. The first-order valence-electron chi connectivity index (χ1n) is 5.94. The molecule has 1 fully saturated rings. The quantitative estimate of drug-likeness (QED) is 0.686. The molecular formula is C13H20O3. The average molecular weight is 224 g/mol. The lowest BCUT2D eigenvalue weighted by Crippen LogP contribution is -2.37. The fourth-order valence-electron chi connectivity index (χ4n) is 2.43. The molecule has 0 unspecified atom stereocenters. The van der Waals surface area contributed by atoms with Crippen LogP contribution in [0.5, 0.6) is 0 Å². The first kappa shape index (κ1) is 11.8. The van der Waals surface area contributed by atoms with Crippen molar-refractivity contribution >= 4 is 5.78 Å². The molecule has 3 heteroatoms. The number of hydrogen-bond acceptors (Lipinski definition) is 3. The molecule has 1 aliphatic carbocycles. The highest BCUT2D eigenvalue weighted by atomic mass is 16.8. The Hall–Kier alpha value is -0.670. The number of carbonyl (C=O) groups is 1. The summed E-state index contributed by atoms with van der Waals surface area (Å²) in [5, 5.41) is 0. The highest BCUT2D eigenvalue weighted by Gasteiger charge is 2.46. The van der Waals surface area contributed by atoms with E-state index in [2.05, 4.69) is 0 Å².